The minimum atomic E-state index is 0.602. The summed E-state index contributed by atoms with van der Waals surface area (Å²) in [5.41, 5.74) is 4.09. The van der Waals surface area contributed by atoms with Gasteiger partial charge in [0.15, 0.2) is 0 Å². The Bertz CT molecular complexity index is 1110. The quantitative estimate of drug-likeness (QED) is 0.518. The first-order valence-electron chi connectivity index (χ1n) is 9.68. The van der Waals surface area contributed by atoms with Crippen LogP contribution in [0.15, 0.2) is 55.5 Å². The van der Waals surface area contributed by atoms with Crippen LogP contribution >= 0.6 is 0 Å². The monoisotopic (exact) mass is 387 g/mol. The summed E-state index contributed by atoms with van der Waals surface area (Å²) in [6, 6.07) is 6.29. The van der Waals surface area contributed by atoms with Crippen LogP contribution < -0.4 is 4.90 Å². The van der Waals surface area contributed by atoms with Crippen LogP contribution in [0.1, 0.15) is 22.6 Å². The van der Waals surface area contributed by atoms with E-state index in [-0.39, 0.29) is 0 Å². The number of hydrogen-bond acceptors (Lipinski definition) is 7. The van der Waals surface area contributed by atoms with E-state index in [4.69, 9.17) is 14.7 Å². The molecule has 0 atom stereocenters. The number of nitrogens with zero attached hydrogens (tertiary/aromatic N) is 7. The van der Waals surface area contributed by atoms with Crippen molar-refractivity contribution in [1.29, 1.82) is 0 Å². The molecule has 1 aliphatic heterocycles. The van der Waals surface area contributed by atoms with Gasteiger partial charge in [0.2, 0.25) is 0 Å². The highest BCUT2D eigenvalue weighted by atomic mass is 16.5. The molecule has 8 heteroatoms. The summed E-state index contributed by atoms with van der Waals surface area (Å²) in [4.78, 5) is 24.5. The van der Waals surface area contributed by atoms with Gasteiger partial charge in [-0.15, -0.1) is 0 Å². The van der Waals surface area contributed by atoms with E-state index in [1.54, 1.807) is 6.20 Å². The SMILES string of the molecule is c1ncc(Cc2nc(Cc3ccn4ccnc4c3)cc(N3CCOCC3)n2)cn1. The van der Waals surface area contributed by atoms with E-state index in [9.17, 15) is 0 Å². The van der Waals surface area contributed by atoms with E-state index >= 15 is 0 Å². The zero-order valence-corrected chi connectivity index (χ0v) is 16.0. The fraction of sp³-hybridized carbons (Fsp3) is 0.286. The lowest BCUT2D eigenvalue weighted by atomic mass is 10.1. The molecule has 1 fully saturated rings. The Balaban J connectivity index is 1.47. The number of anilines is 1. The third kappa shape index (κ3) is 4.07. The lowest BCUT2D eigenvalue weighted by Gasteiger charge is -2.28. The Morgan fingerprint density at radius 2 is 1.79 bits per heavy atom. The Morgan fingerprint density at radius 3 is 2.66 bits per heavy atom. The van der Waals surface area contributed by atoms with Crippen LogP contribution in [0, 0.1) is 0 Å². The Hall–Kier alpha value is -3.39. The zero-order valence-electron chi connectivity index (χ0n) is 16.0. The molecule has 1 saturated heterocycles. The van der Waals surface area contributed by atoms with Crippen molar-refractivity contribution in [2.45, 2.75) is 12.8 Å². The van der Waals surface area contributed by atoms with E-state index in [1.165, 1.54) is 11.9 Å². The maximum Gasteiger partial charge on any atom is 0.136 e. The van der Waals surface area contributed by atoms with Crippen LogP contribution in [0.25, 0.3) is 5.65 Å². The number of ether oxygens (including phenoxy) is 1. The normalized spacial score (nSPS) is 14.4. The average molecular weight is 387 g/mol. The number of morpholine rings is 1. The minimum absolute atomic E-state index is 0.602. The lowest BCUT2D eigenvalue weighted by molar-refractivity contribution is 0.122. The van der Waals surface area contributed by atoms with Crippen molar-refractivity contribution in [2.75, 3.05) is 31.2 Å². The smallest absolute Gasteiger partial charge is 0.136 e. The number of rotatable bonds is 5. The summed E-state index contributed by atoms with van der Waals surface area (Å²) in [5, 5.41) is 0. The Labute approximate surface area is 168 Å². The standard InChI is InChI=1S/C21H21N7O/c1-3-27-4-2-24-20(27)11-16(1)9-18-12-21(28-5-7-29-8-6-28)26-19(25-18)10-17-13-22-15-23-14-17/h1-4,11-15H,5-10H2. The van der Waals surface area contributed by atoms with Crippen LogP contribution in [0.5, 0.6) is 0 Å². The predicted octanol–water partition coefficient (Wildman–Crippen LogP) is 1.93. The second kappa shape index (κ2) is 7.92. The van der Waals surface area contributed by atoms with Gasteiger partial charge in [-0.2, -0.15) is 0 Å². The van der Waals surface area contributed by atoms with E-state index in [1.807, 2.05) is 29.2 Å². The van der Waals surface area contributed by atoms with Crippen LogP contribution in [-0.2, 0) is 17.6 Å². The van der Waals surface area contributed by atoms with Gasteiger partial charge >= 0.3 is 0 Å². The van der Waals surface area contributed by atoms with Gasteiger partial charge in [0.25, 0.3) is 0 Å². The average Bonchev–Trinajstić information content (AvgIpc) is 3.23. The van der Waals surface area contributed by atoms with E-state index < -0.39 is 0 Å². The fourth-order valence-corrected chi connectivity index (χ4v) is 3.54. The summed E-state index contributed by atoms with van der Waals surface area (Å²) in [5.74, 6) is 1.73. The molecule has 0 N–H and O–H groups in total. The molecule has 1 aliphatic rings. The van der Waals surface area contributed by atoms with Gasteiger partial charge in [-0.3, -0.25) is 0 Å². The molecule has 0 radical (unpaired) electrons. The maximum atomic E-state index is 5.50. The van der Waals surface area contributed by atoms with Crippen molar-refractivity contribution < 1.29 is 4.74 Å². The van der Waals surface area contributed by atoms with E-state index in [2.05, 4.69) is 38.1 Å². The molecule has 0 bridgehead atoms. The van der Waals surface area contributed by atoms with Crippen molar-refractivity contribution in [3.05, 3.63) is 78.2 Å². The van der Waals surface area contributed by atoms with Crippen LogP contribution in [0.3, 0.4) is 0 Å². The van der Waals surface area contributed by atoms with Gasteiger partial charge < -0.3 is 14.0 Å². The first-order valence-corrected chi connectivity index (χ1v) is 9.68. The van der Waals surface area contributed by atoms with Crippen molar-refractivity contribution in [2.24, 2.45) is 0 Å². The molecule has 0 unspecified atom stereocenters. The zero-order chi connectivity index (χ0) is 19.5. The third-order valence-electron chi connectivity index (χ3n) is 4.97. The van der Waals surface area contributed by atoms with E-state index in [0.717, 1.165) is 61.3 Å². The second-order valence-electron chi connectivity index (χ2n) is 7.06. The van der Waals surface area contributed by atoms with Gasteiger partial charge in [0.1, 0.15) is 23.6 Å². The molecule has 29 heavy (non-hydrogen) atoms. The van der Waals surface area contributed by atoms with Crippen LogP contribution in [0.4, 0.5) is 5.82 Å². The van der Waals surface area contributed by atoms with Crippen LogP contribution in [0.2, 0.25) is 0 Å². The summed E-state index contributed by atoms with van der Waals surface area (Å²) < 4.78 is 7.50. The Morgan fingerprint density at radius 1 is 0.931 bits per heavy atom. The summed E-state index contributed by atoms with van der Waals surface area (Å²) in [6.45, 7) is 3.12. The van der Waals surface area contributed by atoms with Gasteiger partial charge in [0.05, 0.1) is 18.9 Å². The molecule has 5 rings (SSSR count). The number of aromatic nitrogens is 6. The third-order valence-corrected chi connectivity index (χ3v) is 4.97. The minimum Gasteiger partial charge on any atom is -0.378 e. The van der Waals surface area contributed by atoms with Crippen molar-refractivity contribution in [1.82, 2.24) is 29.3 Å². The van der Waals surface area contributed by atoms with Crippen molar-refractivity contribution in [3.8, 4) is 0 Å². The lowest BCUT2D eigenvalue weighted by Crippen LogP contribution is -2.37. The molecule has 5 heterocycles. The van der Waals surface area contributed by atoms with Crippen LogP contribution in [-0.4, -0.2) is 55.6 Å². The topological polar surface area (TPSA) is 81.3 Å². The highest BCUT2D eigenvalue weighted by Gasteiger charge is 2.16. The molecule has 146 valence electrons. The van der Waals surface area contributed by atoms with Gasteiger partial charge in [-0.25, -0.2) is 24.9 Å². The number of pyridine rings is 1. The fourth-order valence-electron chi connectivity index (χ4n) is 3.54. The Kier molecular flexibility index (Phi) is 4.83. The summed E-state index contributed by atoms with van der Waals surface area (Å²) >= 11 is 0. The molecule has 0 saturated carbocycles. The van der Waals surface area contributed by atoms with Gasteiger partial charge in [0, 0.05) is 63.0 Å². The van der Waals surface area contributed by atoms with Crippen molar-refractivity contribution in [3.63, 3.8) is 0 Å². The largest absolute Gasteiger partial charge is 0.378 e. The molecule has 4 aromatic heterocycles. The molecule has 0 aliphatic carbocycles. The molecular formula is C21H21N7O. The molecule has 0 amide bonds. The van der Waals surface area contributed by atoms with E-state index in [0.29, 0.717) is 6.42 Å². The predicted molar refractivity (Wildman–Crippen MR) is 108 cm³/mol. The second-order valence-corrected chi connectivity index (χ2v) is 7.06. The highest BCUT2D eigenvalue weighted by Crippen LogP contribution is 2.19. The van der Waals surface area contributed by atoms with Gasteiger partial charge in [-0.1, -0.05) is 0 Å². The number of imidazole rings is 1. The first kappa shape index (κ1) is 17.7. The van der Waals surface area contributed by atoms with Crippen molar-refractivity contribution >= 4 is 11.5 Å². The summed E-state index contributed by atoms with van der Waals surface area (Å²) in [7, 11) is 0. The molecule has 4 aromatic rings. The molecular weight excluding hydrogens is 366 g/mol. The molecule has 0 aromatic carbocycles. The molecule has 0 spiro atoms. The highest BCUT2D eigenvalue weighted by molar-refractivity contribution is 5.45. The number of hydrogen-bond donors (Lipinski definition) is 0. The molecule has 8 nitrogen and oxygen atoms in total. The van der Waals surface area contributed by atoms with Gasteiger partial charge in [-0.05, 0) is 23.3 Å². The summed E-state index contributed by atoms with van der Waals surface area (Å²) in [6.07, 6.45) is 12.3. The maximum absolute atomic E-state index is 5.50. The first-order chi connectivity index (χ1) is 14.3. The number of fused-ring (bicyclic) bond motifs is 1.